The second kappa shape index (κ2) is 5.20. The van der Waals surface area contributed by atoms with E-state index in [1.54, 1.807) is 16.2 Å². The summed E-state index contributed by atoms with van der Waals surface area (Å²) < 4.78 is 0. The van der Waals surface area contributed by atoms with Crippen LogP contribution in [0, 0.1) is 13.8 Å². The normalized spacial score (nSPS) is 23.2. The van der Waals surface area contributed by atoms with Crippen LogP contribution in [0.3, 0.4) is 0 Å². The van der Waals surface area contributed by atoms with Crippen molar-refractivity contribution >= 4 is 23.2 Å². The van der Waals surface area contributed by atoms with Crippen molar-refractivity contribution in [2.45, 2.75) is 45.7 Å². The number of thiophene rings is 1. The van der Waals surface area contributed by atoms with Crippen molar-refractivity contribution in [1.29, 1.82) is 0 Å². The largest absolute Gasteiger partial charge is 0.335 e. The SMILES string of the molecule is Cc1cc(CN2CCC(=O)N3CCCC3C2=O)sc1C. The fourth-order valence-corrected chi connectivity index (χ4v) is 4.16. The maximum absolute atomic E-state index is 12.6. The van der Waals surface area contributed by atoms with Gasteiger partial charge in [-0.05, 0) is 38.3 Å². The van der Waals surface area contributed by atoms with E-state index in [1.165, 1.54) is 15.3 Å². The summed E-state index contributed by atoms with van der Waals surface area (Å²) in [5, 5.41) is 0. The van der Waals surface area contributed by atoms with E-state index >= 15 is 0 Å². The van der Waals surface area contributed by atoms with Gasteiger partial charge in [0.05, 0.1) is 6.54 Å². The number of hydrogen-bond donors (Lipinski definition) is 0. The standard InChI is InChI=1S/C15H20N2O2S/c1-10-8-12(20-11(10)2)9-16-7-5-14(18)17-6-3-4-13(17)15(16)19/h8,13H,3-7,9H2,1-2H3. The molecule has 3 rings (SSSR count). The molecule has 5 heteroatoms. The highest BCUT2D eigenvalue weighted by atomic mass is 32.1. The Morgan fingerprint density at radius 3 is 2.80 bits per heavy atom. The summed E-state index contributed by atoms with van der Waals surface area (Å²) in [5.41, 5.74) is 1.28. The molecular weight excluding hydrogens is 272 g/mol. The van der Waals surface area contributed by atoms with Gasteiger partial charge in [0.1, 0.15) is 6.04 Å². The van der Waals surface area contributed by atoms with Crippen LogP contribution in [0.2, 0.25) is 0 Å². The van der Waals surface area contributed by atoms with Gasteiger partial charge in [-0.25, -0.2) is 0 Å². The number of fused-ring (bicyclic) bond motifs is 1. The second-order valence-electron chi connectivity index (χ2n) is 5.71. The Labute approximate surface area is 123 Å². The zero-order chi connectivity index (χ0) is 14.3. The first kappa shape index (κ1) is 13.6. The van der Waals surface area contributed by atoms with Crippen molar-refractivity contribution in [1.82, 2.24) is 9.80 Å². The lowest BCUT2D eigenvalue weighted by atomic mass is 10.2. The molecule has 1 aromatic heterocycles. The van der Waals surface area contributed by atoms with Crippen LogP contribution in [0.1, 0.15) is 34.6 Å². The molecule has 0 spiro atoms. The Morgan fingerprint density at radius 2 is 2.10 bits per heavy atom. The average Bonchev–Trinajstić information content (AvgIpc) is 2.98. The lowest BCUT2D eigenvalue weighted by molar-refractivity contribution is -0.139. The number of carbonyl (C=O) groups is 2. The molecule has 0 aromatic carbocycles. The number of nitrogens with zero attached hydrogens (tertiary/aromatic N) is 2. The lowest BCUT2D eigenvalue weighted by Crippen LogP contribution is -2.43. The molecule has 20 heavy (non-hydrogen) atoms. The van der Waals surface area contributed by atoms with Crippen LogP contribution in [-0.4, -0.2) is 40.7 Å². The van der Waals surface area contributed by atoms with Crippen LogP contribution < -0.4 is 0 Å². The molecule has 4 nitrogen and oxygen atoms in total. The molecule has 0 saturated carbocycles. The fraction of sp³-hybridized carbons (Fsp3) is 0.600. The molecule has 0 radical (unpaired) electrons. The third-order valence-corrected chi connectivity index (χ3v) is 5.47. The van der Waals surface area contributed by atoms with Gasteiger partial charge >= 0.3 is 0 Å². The molecule has 0 aliphatic carbocycles. The molecule has 0 bridgehead atoms. The number of hydrogen-bond acceptors (Lipinski definition) is 3. The predicted octanol–water partition coefficient (Wildman–Crippen LogP) is 2.09. The summed E-state index contributed by atoms with van der Waals surface area (Å²) in [6.07, 6.45) is 2.24. The summed E-state index contributed by atoms with van der Waals surface area (Å²) in [7, 11) is 0. The van der Waals surface area contributed by atoms with Crippen molar-refractivity contribution in [3.05, 3.63) is 21.4 Å². The molecule has 2 amide bonds. The highest BCUT2D eigenvalue weighted by Crippen LogP contribution is 2.27. The van der Waals surface area contributed by atoms with Crippen molar-refractivity contribution in [3.63, 3.8) is 0 Å². The van der Waals surface area contributed by atoms with Crippen LogP contribution in [0.15, 0.2) is 6.07 Å². The molecule has 1 aromatic rings. The van der Waals surface area contributed by atoms with Gasteiger partial charge in [0.25, 0.3) is 0 Å². The van der Waals surface area contributed by atoms with Crippen LogP contribution in [0.25, 0.3) is 0 Å². The molecule has 2 aliphatic rings. The number of rotatable bonds is 2. The van der Waals surface area contributed by atoms with E-state index in [4.69, 9.17) is 0 Å². The van der Waals surface area contributed by atoms with Crippen LogP contribution in [0.5, 0.6) is 0 Å². The van der Waals surface area contributed by atoms with Crippen LogP contribution >= 0.6 is 11.3 Å². The summed E-state index contributed by atoms with van der Waals surface area (Å²) in [6.45, 7) is 6.16. The van der Waals surface area contributed by atoms with Crippen molar-refractivity contribution < 1.29 is 9.59 Å². The van der Waals surface area contributed by atoms with Crippen molar-refractivity contribution in [2.24, 2.45) is 0 Å². The van der Waals surface area contributed by atoms with Crippen LogP contribution in [0.4, 0.5) is 0 Å². The molecule has 1 unspecified atom stereocenters. The topological polar surface area (TPSA) is 40.6 Å². The molecule has 108 valence electrons. The van der Waals surface area contributed by atoms with Gasteiger partial charge in [-0.2, -0.15) is 0 Å². The highest BCUT2D eigenvalue weighted by molar-refractivity contribution is 7.12. The van der Waals surface area contributed by atoms with E-state index < -0.39 is 0 Å². The van der Waals surface area contributed by atoms with E-state index in [9.17, 15) is 9.59 Å². The van der Waals surface area contributed by atoms with Crippen molar-refractivity contribution in [3.8, 4) is 0 Å². The summed E-state index contributed by atoms with van der Waals surface area (Å²) in [6, 6.07) is 1.96. The van der Waals surface area contributed by atoms with E-state index in [0.717, 1.165) is 19.4 Å². The monoisotopic (exact) mass is 292 g/mol. The average molecular weight is 292 g/mol. The minimum Gasteiger partial charge on any atom is -0.335 e. The van der Waals surface area contributed by atoms with Crippen LogP contribution in [-0.2, 0) is 16.1 Å². The Balaban J connectivity index is 1.79. The predicted molar refractivity (Wildman–Crippen MR) is 78.6 cm³/mol. The Kier molecular flexibility index (Phi) is 3.54. The molecular formula is C15H20N2O2S. The third-order valence-electron chi connectivity index (χ3n) is 4.33. The summed E-state index contributed by atoms with van der Waals surface area (Å²) in [4.78, 5) is 30.8. The maximum Gasteiger partial charge on any atom is 0.245 e. The number of amides is 2. The third kappa shape index (κ3) is 2.35. The molecule has 1 atom stereocenters. The minimum absolute atomic E-state index is 0.136. The Bertz CT molecular complexity index is 533. The van der Waals surface area contributed by atoms with E-state index in [0.29, 0.717) is 19.5 Å². The van der Waals surface area contributed by atoms with Gasteiger partial charge in [0.2, 0.25) is 11.8 Å². The summed E-state index contributed by atoms with van der Waals surface area (Å²) >= 11 is 1.75. The molecule has 0 N–H and O–H groups in total. The number of aryl methyl sites for hydroxylation is 2. The Morgan fingerprint density at radius 1 is 1.30 bits per heavy atom. The number of carbonyl (C=O) groups excluding carboxylic acids is 2. The van der Waals surface area contributed by atoms with E-state index in [1.807, 2.05) is 4.90 Å². The molecule has 3 heterocycles. The van der Waals surface area contributed by atoms with Gasteiger partial charge < -0.3 is 9.80 Å². The first-order valence-electron chi connectivity index (χ1n) is 7.20. The van der Waals surface area contributed by atoms with E-state index in [2.05, 4.69) is 19.9 Å². The quantitative estimate of drug-likeness (QED) is 0.837. The van der Waals surface area contributed by atoms with Gasteiger partial charge in [-0.15, -0.1) is 11.3 Å². The van der Waals surface area contributed by atoms with E-state index in [-0.39, 0.29) is 17.9 Å². The Hall–Kier alpha value is -1.36. The second-order valence-corrected chi connectivity index (χ2v) is 7.05. The van der Waals surface area contributed by atoms with Gasteiger partial charge in [-0.1, -0.05) is 0 Å². The zero-order valence-electron chi connectivity index (χ0n) is 12.0. The smallest absolute Gasteiger partial charge is 0.245 e. The minimum atomic E-state index is -0.202. The van der Waals surface area contributed by atoms with Crippen molar-refractivity contribution in [2.75, 3.05) is 13.1 Å². The molecule has 2 aliphatic heterocycles. The first-order valence-corrected chi connectivity index (χ1v) is 8.02. The first-order chi connectivity index (χ1) is 9.56. The molecule has 2 fully saturated rings. The van der Waals surface area contributed by atoms with Gasteiger partial charge in [0.15, 0.2) is 0 Å². The molecule has 2 saturated heterocycles. The van der Waals surface area contributed by atoms with Gasteiger partial charge in [-0.3, -0.25) is 9.59 Å². The highest BCUT2D eigenvalue weighted by Gasteiger charge is 2.39. The maximum atomic E-state index is 12.6. The zero-order valence-corrected chi connectivity index (χ0v) is 12.8. The lowest BCUT2D eigenvalue weighted by Gasteiger charge is -2.24. The summed E-state index contributed by atoms with van der Waals surface area (Å²) in [5.74, 6) is 0.277. The van der Waals surface area contributed by atoms with Gasteiger partial charge in [0, 0.05) is 29.3 Å². The fourth-order valence-electron chi connectivity index (χ4n) is 3.09.